The number of rotatable bonds is 0. The average molecular weight is 848 g/mol. The predicted octanol–water partition coefficient (Wildman–Crippen LogP) is 15.3. The summed E-state index contributed by atoms with van der Waals surface area (Å²) in [6.45, 7) is 11.6. The third kappa shape index (κ3) is 3.94. The maximum absolute atomic E-state index is 14.7. The van der Waals surface area contributed by atoms with Gasteiger partial charge in [0.15, 0.2) is 5.78 Å². The summed E-state index contributed by atoms with van der Waals surface area (Å²) in [6, 6.07) is 48.8. The molecule has 0 saturated heterocycles. The maximum atomic E-state index is 14.7. The molecule has 1 fully saturated rings. The molecule has 0 atom stereocenters. The minimum Gasteiger partial charge on any atom is -0.308 e. The van der Waals surface area contributed by atoms with Gasteiger partial charge in [0.1, 0.15) is 0 Å². The number of benzene rings is 8. The van der Waals surface area contributed by atoms with E-state index in [1.165, 1.54) is 115 Å². The van der Waals surface area contributed by atoms with Crippen LogP contribution in [-0.4, -0.2) is 14.6 Å². The van der Waals surface area contributed by atoms with Crippen LogP contribution in [0.15, 0.2) is 121 Å². The van der Waals surface area contributed by atoms with E-state index in [1.54, 1.807) is 0 Å². The van der Waals surface area contributed by atoms with E-state index in [1.807, 2.05) is 0 Å². The zero-order chi connectivity index (χ0) is 44.1. The van der Waals surface area contributed by atoms with Gasteiger partial charge in [-0.3, -0.25) is 4.79 Å². The van der Waals surface area contributed by atoms with Crippen molar-refractivity contribution >= 4 is 92.7 Å². The first-order valence-corrected chi connectivity index (χ1v) is 24.0. The van der Waals surface area contributed by atoms with Crippen LogP contribution >= 0.6 is 0 Å². The molecule has 6 aliphatic carbocycles. The summed E-state index contributed by atoms with van der Waals surface area (Å²) in [6.07, 6.45) is 4.00. The van der Waals surface area contributed by atoms with Crippen LogP contribution in [0.4, 0.5) is 0 Å². The highest BCUT2D eigenvalue weighted by Gasteiger charge is 2.49. The molecule has 0 N–H and O–H groups in total. The lowest BCUT2D eigenvalue weighted by Gasteiger charge is -2.43. The summed E-state index contributed by atoms with van der Waals surface area (Å²) in [5.41, 5.74) is 18.7. The summed E-state index contributed by atoms with van der Waals surface area (Å²) in [7, 11) is 0. The molecule has 4 nitrogen and oxygen atoms in total. The molecule has 18 rings (SSSR count). The van der Waals surface area contributed by atoms with Crippen LogP contribution < -0.4 is 0 Å². The van der Waals surface area contributed by atoms with Crippen molar-refractivity contribution in [2.24, 2.45) is 5.41 Å². The summed E-state index contributed by atoms with van der Waals surface area (Å²) < 4.78 is 5.03. The molecule has 0 unspecified atom stereocenters. The Kier molecular flexibility index (Phi) is 6.14. The van der Waals surface area contributed by atoms with E-state index in [-0.39, 0.29) is 28.1 Å². The van der Waals surface area contributed by atoms with Gasteiger partial charge >= 0.3 is 0 Å². The van der Waals surface area contributed by atoms with Gasteiger partial charge in [0, 0.05) is 65.9 Å². The monoisotopic (exact) mass is 847 g/mol. The number of nitriles is 1. The van der Waals surface area contributed by atoms with E-state index < -0.39 is 0 Å². The highest BCUT2D eigenvalue weighted by Crippen LogP contribution is 2.61. The van der Waals surface area contributed by atoms with Crippen molar-refractivity contribution in [1.29, 1.82) is 5.26 Å². The highest BCUT2D eigenvalue weighted by atomic mass is 16.1. The number of Topliss-reactive ketones (excluding diaryl/α,β-unsaturated/α-hetero) is 1. The minimum atomic E-state index is -0.312. The lowest BCUT2D eigenvalue weighted by Crippen LogP contribution is -2.33. The molecule has 4 heteroatoms. The lowest BCUT2D eigenvalue weighted by atomic mass is 9.59. The number of carbonyl (C=O) groups is 1. The number of ketones is 1. The number of nitrogens with zero attached hydrogens (tertiary/aromatic N) is 3. The van der Waals surface area contributed by atoms with E-state index in [0.717, 1.165) is 53.4 Å². The number of hydrogen-bond donors (Lipinski definition) is 0. The molecule has 6 aliphatic rings. The molecular weight excluding hydrogens is 803 g/mol. The van der Waals surface area contributed by atoms with Gasteiger partial charge < -0.3 is 8.80 Å². The Bertz CT molecular complexity index is 4290. The van der Waals surface area contributed by atoms with E-state index in [0.29, 0.717) is 5.78 Å². The van der Waals surface area contributed by atoms with Gasteiger partial charge in [-0.1, -0.05) is 107 Å². The van der Waals surface area contributed by atoms with Crippen LogP contribution in [0.5, 0.6) is 0 Å². The smallest absolute Gasteiger partial charge is 0.169 e. The third-order valence-electron chi connectivity index (χ3n) is 18.0. The SMILES string of the molecule is CC12CCC(C)(CC1)c1cc3c4cc(C(C)(C)C)cc5c6cc7c(cc6n(c3cc1C2=O)c45)c1cc2ccccc2c2c3c4c(c(C#N)cc3n7c12)C1c2ccccc2C4c2ccccc21. The van der Waals surface area contributed by atoms with Gasteiger partial charge in [0.05, 0.1) is 44.7 Å². The van der Waals surface area contributed by atoms with Gasteiger partial charge in [0.2, 0.25) is 0 Å². The van der Waals surface area contributed by atoms with Crippen LogP contribution in [0, 0.1) is 16.7 Å². The molecule has 4 heterocycles. The summed E-state index contributed by atoms with van der Waals surface area (Å²) >= 11 is 0. The largest absolute Gasteiger partial charge is 0.308 e. The molecule has 66 heavy (non-hydrogen) atoms. The Balaban J connectivity index is 1.09. The normalized spacial score (nSPS) is 22.2. The van der Waals surface area contributed by atoms with E-state index in [2.05, 4.69) is 171 Å². The molecule has 8 aromatic carbocycles. The van der Waals surface area contributed by atoms with Gasteiger partial charge in [0.25, 0.3) is 0 Å². The average Bonchev–Trinajstić information content (AvgIpc) is 4.03. The molecule has 0 radical (unpaired) electrons. The summed E-state index contributed by atoms with van der Waals surface area (Å²) in [5, 5.41) is 23.7. The molecule has 314 valence electrons. The molecule has 4 aromatic heterocycles. The number of hydrogen-bond acceptors (Lipinski definition) is 2. The Morgan fingerprint density at radius 3 is 1.70 bits per heavy atom. The van der Waals surface area contributed by atoms with Gasteiger partial charge in [-0.05, 0) is 140 Å². The molecule has 0 aliphatic heterocycles. The third-order valence-corrected chi connectivity index (χ3v) is 18.0. The Labute approximate surface area is 381 Å². The Hall–Kier alpha value is -7.22. The summed E-state index contributed by atoms with van der Waals surface area (Å²) in [4.78, 5) is 14.7. The number of carbonyl (C=O) groups excluding carboxylic acids is 1. The maximum Gasteiger partial charge on any atom is 0.169 e. The fraction of sp³-hybridized carbons (Fsp3) is 0.226. The number of fused-ring (bicyclic) bond motifs is 16. The van der Waals surface area contributed by atoms with E-state index in [9.17, 15) is 10.1 Å². The molecular formula is C62H45N3O. The first-order chi connectivity index (χ1) is 32.0. The molecule has 12 aromatic rings. The first kappa shape index (κ1) is 36.1. The van der Waals surface area contributed by atoms with Crippen LogP contribution in [-0.2, 0) is 10.8 Å². The molecule has 0 spiro atoms. The number of aromatic nitrogens is 2. The first-order valence-electron chi connectivity index (χ1n) is 24.0. The molecule has 4 bridgehead atoms. The summed E-state index contributed by atoms with van der Waals surface area (Å²) in [5.74, 6) is 0.338. The standard InChI is InChI=1S/C62H45N3O/c1-60(2,3)33-24-43-39-26-46-45(59(66)62(5)20-18-61(46,4)19-21-62)29-49(39)64-47-27-40-42-22-31-12-6-7-13-34(31)54-55-50(65(58(42)54)48(40)28-41(47)44(25-33)57(43)64)23-32(30-63)51-52-35-14-8-10-16-37(35)53(56(51)55)38-17-11-9-15-36(38)52/h6-17,22-29,52-53H,18-21H2,1-5H3. The van der Waals surface area contributed by atoms with Gasteiger partial charge in [-0.25, -0.2) is 0 Å². The second-order valence-corrected chi connectivity index (χ2v) is 22.3. The minimum absolute atomic E-state index is 0.00364. The van der Waals surface area contributed by atoms with Gasteiger partial charge in [-0.2, -0.15) is 5.26 Å². The Morgan fingerprint density at radius 2 is 1.08 bits per heavy atom. The lowest BCUT2D eigenvalue weighted by molar-refractivity contribution is 0.0732. The zero-order valence-corrected chi connectivity index (χ0v) is 37.8. The van der Waals surface area contributed by atoms with E-state index in [4.69, 9.17) is 0 Å². The fourth-order valence-electron chi connectivity index (χ4n) is 14.6. The topological polar surface area (TPSA) is 49.7 Å². The quantitative estimate of drug-likeness (QED) is 0.153. The fourth-order valence-corrected chi connectivity index (χ4v) is 14.6. The van der Waals surface area contributed by atoms with E-state index >= 15 is 0 Å². The van der Waals surface area contributed by atoms with Crippen molar-refractivity contribution in [3.8, 4) is 6.07 Å². The van der Waals surface area contributed by atoms with Gasteiger partial charge in [-0.15, -0.1) is 0 Å². The molecule has 0 amide bonds. The predicted molar refractivity (Wildman–Crippen MR) is 270 cm³/mol. The van der Waals surface area contributed by atoms with Crippen molar-refractivity contribution in [3.63, 3.8) is 0 Å². The van der Waals surface area contributed by atoms with Crippen molar-refractivity contribution in [3.05, 3.63) is 177 Å². The Morgan fingerprint density at radius 1 is 0.545 bits per heavy atom. The highest BCUT2D eigenvalue weighted by molar-refractivity contribution is 6.34. The molecule has 1 saturated carbocycles. The second-order valence-electron chi connectivity index (χ2n) is 22.3. The van der Waals surface area contributed by atoms with Crippen molar-refractivity contribution in [2.45, 2.75) is 83.0 Å². The van der Waals surface area contributed by atoms with Crippen molar-refractivity contribution in [1.82, 2.24) is 8.80 Å². The van der Waals surface area contributed by atoms with Crippen molar-refractivity contribution in [2.75, 3.05) is 0 Å². The van der Waals surface area contributed by atoms with Crippen LogP contribution in [0.2, 0.25) is 0 Å². The van der Waals surface area contributed by atoms with Crippen LogP contribution in [0.1, 0.15) is 133 Å². The van der Waals surface area contributed by atoms with Crippen LogP contribution in [0.25, 0.3) is 87.0 Å². The zero-order valence-electron chi connectivity index (χ0n) is 37.8. The second kappa shape index (κ2) is 11.2. The van der Waals surface area contributed by atoms with Crippen molar-refractivity contribution < 1.29 is 4.79 Å². The van der Waals surface area contributed by atoms with Crippen LogP contribution in [0.3, 0.4) is 0 Å².